The third-order valence-corrected chi connectivity index (χ3v) is 5.08. The number of nitrogens with zero attached hydrogens (tertiary/aromatic N) is 3. The van der Waals surface area contributed by atoms with E-state index in [0.29, 0.717) is 6.61 Å². The first-order chi connectivity index (χ1) is 14.9. The SMILES string of the molecule is CCOc1cnc(C(=O)Cc2cc(Cl)c(F)c([C@]3(C)C[C@@H](C(F)(F)F)OC(N)=N3)c2)cn1. The highest BCUT2D eigenvalue weighted by Crippen LogP contribution is 2.42. The van der Waals surface area contributed by atoms with E-state index in [1.807, 2.05) is 0 Å². The lowest BCUT2D eigenvalue weighted by Gasteiger charge is -2.36. The second-order valence-corrected chi connectivity index (χ2v) is 7.70. The van der Waals surface area contributed by atoms with Gasteiger partial charge in [0.2, 0.25) is 5.88 Å². The maximum atomic E-state index is 14.9. The van der Waals surface area contributed by atoms with Crippen molar-refractivity contribution in [3.63, 3.8) is 0 Å². The van der Waals surface area contributed by atoms with Gasteiger partial charge < -0.3 is 15.2 Å². The van der Waals surface area contributed by atoms with Crippen LogP contribution in [-0.2, 0) is 16.7 Å². The standard InChI is InChI=1S/C20H19ClF4N4O3/c1-3-31-16-9-27-13(8-28-16)14(30)6-10-4-11(17(22)12(21)5-10)19(2)7-15(20(23,24)25)32-18(26)29-19/h4-5,8-9,15H,3,6-7H2,1-2H3,(H2,26,29)/t15-,19-/m0/s1. The second-order valence-electron chi connectivity index (χ2n) is 7.29. The van der Waals surface area contributed by atoms with Crippen LogP contribution in [-0.4, -0.2) is 40.7 Å². The molecule has 2 N–H and O–H groups in total. The van der Waals surface area contributed by atoms with Crippen LogP contribution in [0.25, 0.3) is 0 Å². The van der Waals surface area contributed by atoms with Crippen molar-refractivity contribution in [1.82, 2.24) is 9.97 Å². The second kappa shape index (κ2) is 8.89. The number of halogens is 5. The van der Waals surface area contributed by atoms with E-state index in [4.69, 9.17) is 22.1 Å². The zero-order valence-electron chi connectivity index (χ0n) is 17.0. The molecule has 1 aromatic carbocycles. The highest BCUT2D eigenvalue weighted by atomic mass is 35.5. The van der Waals surface area contributed by atoms with E-state index in [9.17, 15) is 22.4 Å². The molecule has 2 heterocycles. The summed E-state index contributed by atoms with van der Waals surface area (Å²) < 4.78 is 64.3. The Morgan fingerprint density at radius 3 is 2.66 bits per heavy atom. The zero-order valence-corrected chi connectivity index (χ0v) is 17.8. The molecule has 0 unspecified atom stereocenters. The molecule has 2 atom stereocenters. The number of rotatable bonds is 6. The molecule has 7 nitrogen and oxygen atoms in total. The lowest BCUT2D eigenvalue weighted by atomic mass is 9.84. The van der Waals surface area contributed by atoms with Gasteiger partial charge in [-0.3, -0.25) is 4.79 Å². The number of nitrogens with two attached hydrogens (primary N) is 1. The van der Waals surface area contributed by atoms with E-state index in [2.05, 4.69) is 19.7 Å². The zero-order chi connectivity index (χ0) is 23.7. The maximum absolute atomic E-state index is 14.9. The molecule has 2 aromatic rings. The first-order valence-corrected chi connectivity index (χ1v) is 9.86. The number of amidine groups is 1. The summed E-state index contributed by atoms with van der Waals surface area (Å²) in [6.07, 6.45) is -5.44. The number of carbonyl (C=O) groups excluding carboxylic acids is 1. The van der Waals surface area contributed by atoms with Crippen molar-refractivity contribution < 1.29 is 31.8 Å². The molecule has 0 amide bonds. The first-order valence-electron chi connectivity index (χ1n) is 9.48. The minimum Gasteiger partial charge on any atom is -0.477 e. The number of hydrogen-bond donors (Lipinski definition) is 1. The van der Waals surface area contributed by atoms with Crippen molar-refractivity contribution in [3.8, 4) is 5.88 Å². The Labute approximate surface area is 185 Å². The Morgan fingerprint density at radius 1 is 1.34 bits per heavy atom. The van der Waals surface area contributed by atoms with Gasteiger partial charge >= 0.3 is 6.18 Å². The molecule has 0 spiro atoms. The first kappa shape index (κ1) is 23.7. The lowest BCUT2D eigenvalue weighted by molar-refractivity contribution is -0.208. The van der Waals surface area contributed by atoms with Crippen LogP contribution in [0.15, 0.2) is 29.5 Å². The molecule has 0 fully saturated rings. The fraction of sp³-hybridized carbons (Fsp3) is 0.400. The van der Waals surface area contributed by atoms with Gasteiger partial charge in [0.05, 0.1) is 29.6 Å². The van der Waals surface area contributed by atoms with Crippen molar-refractivity contribution >= 4 is 23.4 Å². The van der Waals surface area contributed by atoms with Gasteiger partial charge in [0.1, 0.15) is 11.5 Å². The summed E-state index contributed by atoms with van der Waals surface area (Å²) in [5.41, 5.74) is 3.80. The Kier molecular flexibility index (Phi) is 6.59. The highest BCUT2D eigenvalue weighted by molar-refractivity contribution is 6.30. The van der Waals surface area contributed by atoms with Crippen molar-refractivity contribution in [2.24, 2.45) is 10.7 Å². The summed E-state index contributed by atoms with van der Waals surface area (Å²) in [5, 5.41) is -0.367. The molecule has 0 saturated heterocycles. The predicted octanol–water partition coefficient (Wildman–Crippen LogP) is 3.97. The van der Waals surface area contributed by atoms with Gasteiger partial charge in [-0.1, -0.05) is 11.6 Å². The number of ether oxygens (including phenoxy) is 2. The summed E-state index contributed by atoms with van der Waals surface area (Å²) >= 11 is 5.98. The monoisotopic (exact) mass is 474 g/mol. The van der Waals surface area contributed by atoms with Crippen LogP contribution in [0.2, 0.25) is 5.02 Å². The molecule has 0 radical (unpaired) electrons. The maximum Gasteiger partial charge on any atom is 0.425 e. The van der Waals surface area contributed by atoms with Crippen molar-refractivity contribution in [1.29, 1.82) is 0 Å². The van der Waals surface area contributed by atoms with Crippen LogP contribution >= 0.6 is 11.6 Å². The minimum absolute atomic E-state index is 0.0344. The molecule has 0 aliphatic carbocycles. The molecular weight excluding hydrogens is 456 g/mol. The molecule has 12 heteroatoms. The van der Waals surface area contributed by atoms with Crippen molar-refractivity contribution in [2.45, 2.75) is 44.5 Å². The molecule has 0 saturated carbocycles. The number of benzene rings is 1. The van der Waals surface area contributed by atoms with Crippen LogP contribution in [0.5, 0.6) is 5.88 Å². The van der Waals surface area contributed by atoms with Gasteiger partial charge in [-0.15, -0.1) is 0 Å². The number of aliphatic imine (C=N–C) groups is 1. The Balaban J connectivity index is 1.92. The normalized spacial score (nSPS) is 21.0. The summed E-state index contributed by atoms with van der Waals surface area (Å²) in [7, 11) is 0. The third kappa shape index (κ3) is 5.09. The highest BCUT2D eigenvalue weighted by Gasteiger charge is 2.50. The van der Waals surface area contributed by atoms with E-state index < -0.39 is 41.9 Å². The van der Waals surface area contributed by atoms with Gasteiger partial charge in [-0.25, -0.2) is 19.4 Å². The predicted molar refractivity (Wildman–Crippen MR) is 107 cm³/mol. The van der Waals surface area contributed by atoms with E-state index in [0.717, 1.165) is 0 Å². The van der Waals surface area contributed by atoms with Gasteiger partial charge in [0.25, 0.3) is 6.02 Å². The topological polar surface area (TPSA) is 99.7 Å². The largest absolute Gasteiger partial charge is 0.477 e. The smallest absolute Gasteiger partial charge is 0.425 e. The average molecular weight is 475 g/mol. The molecule has 1 aliphatic heterocycles. The van der Waals surface area contributed by atoms with Crippen molar-refractivity contribution in [3.05, 3.63) is 52.2 Å². The number of carbonyl (C=O) groups is 1. The molecule has 172 valence electrons. The Hall–Kier alpha value is -2.95. The Morgan fingerprint density at radius 2 is 2.06 bits per heavy atom. The summed E-state index contributed by atoms with van der Waals surface area (Å²) in [6.45, 7) is 3.44. The number of aromatic nitrogens is 2. The summed E-state index contributed by atoms with van der Waals surface area (Å²) in [4.78, 5) is 24.4. The fourth-order valence-corrected chi connectivity index (χ4v) is 3.56. The molecule has 1 aliphatic rings. The van der Waals surface area contributed by atoms with E-state index >= 15 is 0 Å². The van der Waals surface area contributed by atoms with Gasteiger partial charge in [-0.2, -0.15) is 13.2 Å². The van der Waals surface area contributed by atoms with Crippen LogP contribution in [0.1, 0.15) is 41.9 Å². The number of alkyl halides is 3. The van der Waals surface area contributed by atoms with Gasteiger partial charge in [0.15, 0.2) is 11.9 Å². The number of hydrogen-bond acceptors (Lipinski definition) is 7. The third-order valence-electron chi connectivity index (χ3n) is 4.81. The summed E-state index contributed by atoms with van der Waals surface area (Å²) in [5.74, 6) is -1.16. The van der Waals surface area contributed by atoms with E-state index in [1.54, 1.807) is 6.92 Å². The van der Waals surface area contributed by atoms with Crippen LogP contribution in [0.3, 0.4) is 0 Å². The molecule has 3 rings (SSSR count). The molecular formula is C20H19ClF4N4O3. The summed E-state index contributed by atoms with van der Waals surface area (Å²) in [6, 6.07) is 1.75. The van der Waals surface area contributed by atoms with E-state index in [1.165, 1.54) is 31.5 Å². The van der Waals surface area contributed by atoms with Crippen LogP contribution < -0.4 is 10.5 Å². The van der Waals surface area contributed by atoms with Crippen molar-refractivity contribution in [2.75, 3.05) is 6.61 Å². The average Bonchev–Trinajstić information content (AvgIpc) is 2.70. The number of ketones is 1. The quantitative estimate of drug-likeness (QED) is 0.502. The molecule has 1 aromatic heterocycles. The van der Waals surface area contributed by atoms with E-state index in [-0.39, 0.29) is 34.1 Å². The minimum atomic E-state index is -4.73. The van der Waals surface area contributed by atoms with Gasteiger partial charge in [-0.05, 0) is 31.5 Å². The number of Topliss-reactive ketones (excluding diaryl/α,β-unsaturated/α-hetero) is 1. The van der Waals surface area contributed by atoms with Crippen LogP contribution in [0.4, 0.5) is 17.6 Å². The molecule has 32 heavy (non-hydrogen) atoms. The molecule has 0 bridgehead atoms. The lowest BCUT2D eigenvalue weighted by Crippen LogP contribution is -2.46. The van der Waals surface area contributed by atoms with Gasteiger partial charge in [0, 0.05) is 18.4 Å². The fourth-order valence-electron chi connectivity index (χ4n) is 3.31. The van der Waals surface area contributed by atoms with Crippen LogP contribution in [0, 0.1) is 5.82 Å². The Bertz CT molecular complexity index is 1050.